The molecular formula is C32H31F4N3O4. The number of carbonyl (C=O) groups is 2. The van der Waals surface area contributed by atoms with E-state index in [1.54, 1.807) is 10.6 Å². The van der Waals surface area contributed by atoms with Gasteiger partial charge in [-0.1, -0.05) is 37.5 Å². The molecule has 1 aliphatic carbocycles. The first-order valence-electron chi connectivity index (χ1n) is 14.1. The lowest BCUT2D eigenvalue weighted by Crippen LogP contribution is -2.35. The van der Waals surface area contributed by atoms with Crippen molar-refractivity contribution in [3.05, 3.63) is 94.8 Å². The lowest BCUT2D eigenvalue weighted by atomic mass is 9.83. The van der Waals surface area contributed by atoms with E-state index in [0.717, 1.165) is 31.4 Å². The molecule has 2 unspecified atom stereocenters. The predicted molar refractivity (Wildman–Crippen MR) is 151 cm³/mol. The molecule has 43 heavy (non-hydrogen) atoms. The van der Waals surface area contributed by atoms with E-state index in [9.17, 15) is 22.8 Å². The van der Waals surface area contributed by atoms with Gasteiger partial charge in [-0.15, -0.1) is 0 Å². The standard InChI is InChI=1S/C32H31F4N3O4/c1-43-30(20-9-11-21(33)12-10-20)31-37-26-16-22(34)23(35)17-27(26)39(31)29(19-5-3-2-4-6-19)32(42)38-25-13-7-18(15-24(25)36)8-14-28(40)41/h7,9-13,15-17,19,29-30H,2-6,8,14H2,1H3,(H,38,42)(H,40,41). The predicted octanol–water partition coefficient (Wildman–Crippen LogP) is 7.11. The Morgan fingerprint density at radius 2 is 1.67 bits per heavy atom. The molecule has 4 aromatic rings. The highest BCUT2D eigenvalue weighted by molar-refractivity contribution is 5.95. The SMILES string of the molecule is COC(c1ccc(F)cc1)c1nc2cc(F)c(F)cc2n1C(C(=O)Nc1ccc(CCC(=O)O)cc1F)C1CCCCC1. The van der Waals surface area contributed by atoms with Crippen molar-refractivity contribution in [3.63, 3.8) is 0 Å². The second-order valence-electron chi connectivity index (χ2n) is 10.8. The number of aromatic nitrogens is 2. The normalized spacial score (nSPS) is 15.4. The second-order valence-corrected chi connectivity index (χ2v) is 10.8. The summed E-state index contributed by atoms with van der Waals surface area (Å²) in [6.07, 6.45) is 3.01. The highest BCUT2D eigenvalue weighted by Crippen LogP contribution is 2.40. The number of carbonyl (C=O) groups excluding carboxylic acids is 1. The van der Waals surface area contributed by atoms with E-state index in [0.29, 0.717) is 24.0 Å². The maximum absolute atomic E-state index is 15.1. The number of rotatable bonds is 10. The number of imidazole rings is 1. The monoisotopic (exact) mass is 597 g/mol. The van der Waals surface area contributed by atoms with Crippen LogP contribution in [0.4, 0.5) is 23.2 Å². The number of nitrogens with zero attached hydrogens (tertiary/aromatic N) is 2. The highest BCUT2D eigenvalue weighted by atomic mass is 19.2. The molecule has 1 saturated carbocycles. The average molecular weight is 598 g/mol. The third-order valence-electron chi connectivity index (χ3n) is 7.96. The minimum atomic E-state index is -1.12. The molecule has 5 rings (SSSR count). The molecule has 1 amide bonds. The van der Waals surface area contributed by atoms with Crippen molar-refractivity contribution in [1.29, 1.82) is 0 Å². The van der Waals surface area contributed by atoms with Crippen molar-refractivity contribution in [2.24, 2.45) is 5.92 Å². The number of benzene rings is 3. The largest absolute Gasteiger partial charge is 0.481 e. The van der Waals surface area contributed by atoms with E-state index >= 15 is 4.39 Å². The summed E-state index contributed by atoms with van der Waals surface area (Å²) in [5.74, 6) is -5.09. The van der Waals surface area contributed by atoms with Crippen LogP contribution in [-0.2, 0) is 20.7 Å². The van der Waals surface area contributed by atoms with Gasteiger partial charge in [-0.05, 0) is 60.6 Å². The van der Waals surface area contributed by atoms with Crippen LogP contribution in [0.25, 0.3) is 11.0 Å². The number of amides is 1. The van der Waals surface area contributed by atoms with Crippen molar-refractivity contribution in [3.8, 4) is 0 Å². The second kappa shape index (κ2) is 12.9. The van der Waals surface area contributed by atoms with Crippen molar-refractivity contribution < 1.29 is 37.0 Å². The number of methoxy groups -OCH3 is 1. The Bertz CT molecular complexity index is 1630. The maximum Gasteiger partial charge on any atom is 0.303 e. The van der Waals surface area contributed by atoms with Gasteiger partial charge >= 0.3 is 5.97 Å². The topological polar surface area (TPSA) is 93.5 Å². The number of hydrogen-bond donors (Lipinski definition) is 2. The number of fused-ring (bicyclic) bond motifs is 1. The van der Waals surface area contributed by atoms with E-state index < -0.39 is 47.3 Å². The quantitative estimate of drug-likeness (QED) is 0.190. The lowest BCUT2D eigenvalue weighted by Gasteiger charge is -2.33. The Kier molecular flexibility index (Phi) is 9.10. The van der Waals surface area contributed by atoms with Gasteiger partial charge in [0.2, 0.25) is 5.91 Å². The zero-order valence-electron chi connectivity index (χ0n) is 23.5. The van der Waals surface area contributed by atoms with E-state index in [4.69, 9.17) is 9.84 Å². The van der Waals surface area contributed by atoms with Gasteiger partial charge in [0.1, 0.15) is 29.6 Å². The van der Waals surface area contributed by atoms with E-state index in [-0.39, 0.29) is 41.3 Å². The number of halogens is 4. The Balaban J connectivity index is 1.62. The Morgan fingerprint density at radius 1 is 0.977 bits per heavy atom. The summed E-state index contributed by atoms with van der Waals surface area (Å²) < 4.78 is 65.2. The minimum absolute atomic E-state index is 0.0978. The van der Waals surface area contributed by atoms with Gasteiger partial charge in [-0.25, -0.2) is 22.5 Å². The summed E-state index contributed by atoms with van der Waals surface area (Å²) in [7, 11) is 1.41. The molecule has 1 fully saturated rings. The molecule has 0 aliphatic heterocycles. The molecule has 0 spiro atoms. The van der Waals surface area contributed by atoms with Crippen molar-refractivity contribution in [2.75, 3.05) is 12.4 Å². The molecule has 11 heteroatoms. The van der Waals surface area contributed by atoms with Crippen molar-refractivity contribution in [1.82, 2.24) is 9.55 Å². The molecule has 3 aromatic carbocycles. The molecule has 2 atom stereocenters. The summed E-state index contributed by atoms with van der Waals surface area (Å²) >= 11 is 0. The van der Waals surface area contributed by atoms with Crippen LogP contribution in [0.2, 0.25) is 0 Å². The molecule has 2 N–H and O–H groups in total. The van der Waals surface area contributed by atoms with Crippen LogP contribution in [0.5, 0.6) is 0 Å². The third-order valence-corrected chi connectivity index (χ3v) is 7.96. The number of aryl methyl sites for hydroxylation is 1. The number of carboxylic acid groups (broad SMARTS) is 1. The Hall–Kier alpha value is -4.25. The molecule has 1 heterocycles. The van der Waals surface area contributed by atoms with E-state index in [1.807, 2.05) is 0 Å². The summed E-state index contributed by atoms with van der Waals surface area (Å²) in [6.45, 7) is 0. The highest BCUT2D eigenvalue weighted by Gasteiger charge is 2.37. The van der Waals surface area contributed by atoms with Crippen molar-refractivity contribution >= 4 is 28.6 Å². The fourth-order valence-corrected chi connectivity index (χ4v) is 5.88. The summed E-state index contributed by atoms with van der Waals surface area (Å²) in [6, 6.07) is 10.5. The van der Waals surface area contributed by atoms with Crippen LogP contribution in [0, 0.1) is 29.2 Å². The van der Waals surface area contributed by atoms with Crippen molar-refractivity contribution in [2.45, 2.75) is 57.1 Å². The fourth-order valence-electron chi connectivity index (χ4n) is 5.88. The van der Waals surface area contributed by atoms with Crippen LogP contribution in [0.3, 0.4) is 0 Å². The first-order valence-corrected chi connectivity index (χ1v) is 14.1. The first kappa shape index (κ1) is 30.2. The Labute approximate surface area is 245 Å². The van der Waals surface area contributed by atoms with Gasteiger partial charge in [0.15, 0.2) is 11.6 Å². The van der Waals surface area contributed by atoms with Crippen LogP contribution in [-0.4, -0.2) is 33.6 Å². The number of nitrogens with one attached hydrogen (secondary N) is 1. The van der Waals surface area contributed by atoms with Crippen LogP contribution < -0.4 is 5.32 Å². The Morgan fingerprint density at radius 3 is 2.33 bits per heavy atom. The summed E-state index contributed by atoms with van der Waals surface area (Å²) in [5, 5.41) is 11.6. The number of aliphatic carboxylic acids is 1. The fraction of sp³-hybridized carbons (Fsp3) is 0.344. The molecule has 1 aliphatic rings. The molecule has 226 valence electrons. The van der Waals surface area contributed by atoms with Gasteiger partial charge in [-0.3, -0.25) is 9.59 Å². The van der Waals surface area contributed by atoms with Gasteiger partial charge < -0.3 is 19.7 Å². The van der Waals surface area contributed by atoms with E-state index in [2.05, 4.69) is 10.3 Å². The van der Waals surface area contributed by atoms with Crippen LogP contribution >= 0.6 is 0 Å². The number of carboxylic acids is 1. The lowest BCUT2D eigenvalue weighted by molar-refractivity contribution is -0.137. The van der Waals surface area contributed by atoms with E-state index in [1.165, 1.54) is 43.5 Å². The summed E-state index contributed by atoms with van der Waals surface area (Å²) in [5.41, 5.74) is 1.13. The zero-order valence-corrected chi connectivity index (χ0v) is 23.5. The number of anilines is 1. The molecule has 7 nitrogen and oxygen atoms in total. The smallest absolute Gasteiger partial charge is 0.303 e. The molecule has 0 bridgehead atoms. The number of ether oxygens (including phenoxy) is 1. The van der Waals surface area contributed by atoms with Gasteiger partial charge in [-0.2, -0.15) is 0 Å². The molecule has 1 aromatic heterocycles. The molecule has 0 radical (unpaired) electrons. The zero-order chi connectivity index (χ0) is 30.7. The van der Waals surface area contributed by atoms with Gasteiger partial charge in [0.05, 0.1) is 16.7 Å². The van der Waals surface area contributed by atoms with Gasteiger partial charge in [0.25, 0.3) is 0 Å². The first-order chi connectivity index (χ1) is 20.7. The average Bonchev–Trinajstić information content (AvgIpc) is 3.32. The van der Waals surface area contributed by atoms with Crippen LogP contribution in [0.15, 0.2) is 54.6 Å². The summed E-state index contributed by atoms with van der Waals surface area (Å²) in [4.78, 5) is 29.6. The maximum atomic E-state index is 15.1. The van der Waals surface area contributed by atoms with Crippen LogP contribution in [0.1, 0.15) is 67.6 Å². The third kappa shape index (κ3) is 6.56. The van der Waals surface area contributed by atoms with Gasteiger partial charge in [0, 0.05) is 25.7 Å². The molecule has 0 saturated heterocycles. The number of hydrogen-bond acceptors (Lipinski definition) is 4. The molecular weight excluding hydrogens is 566 g/mol. The minimum Gasteiger partial charge on any atom is -0.481 e.